The van der Waals surface area contributed by atoms with Gasteiger partial charge in [-0.2, -0.15) is 0 Å². The normalized spacial score (nSPS) is 16.9. The molecule has 0 spiro atoms. The van der Waals surface area contributed by atoms with Crippen LogP contribution in [0, 0.1) is 0 Å². The summed E-state index contributed by atoms with van der Waals surface area (Å²) in [4.78, 5) is 22.5. The Labute approximate surface area is 188 Å². The van der Waals surface area contributed by atoms with Crippen LogP contribution in [0.5, 0.6) is 0 Å². The first-order chi connectivity index (χ1) is 15.1. The van der Waals surface area contributed by atoms with Crippen molar-refractivity contribution in [2.24, 2.45) is 0 Å². The van der Waals surface area contributed by atoms with Crippen LogP contribution in [0.15, 0.2) is 35.7 Å². The Morgan fingerprint density at radius 1 is 1.29 bits per heavy atom. The largest absolute Gasteiger partial charge is 0.338 e. The maximum Gasteiger partial charge on any atom is 0.317 e. The maximum absolute atomic E-state index is 12.4. The fourth-order valence-corrected chi connectivity index (χ4v) is 4.93. The highest BCUT2D eigenvalue weighted by atomic mass is 35.5. The van der Waals surface area contributed by atoms with Gasteiger partial charge in [-0.1, -0.05) is 17.7 Å². The summed E-state index contributed by atoms with van der Waals surface area (Å²) >= 11 is 7.87. The van der Waals surface area contributed by atoms with E-state index in [9.17, 15) is 4.79 Å². The monoisotopic (exact) mass is 455 g/mol. The SMILES string of the molecule is CCNC(=O)N1CCN(c2nc3cc(Cl)ccc3c3nnc(-c4cccs4)n23)C[C@@H]1C. The first kappa shape index (κ1) is 20.0. The Balaban J connectivity index is 1.63. The fourth-order valence-electron chi connectivity index (χ4n) is 4.06. The summed E-state index contributed by atoms with van der Waals surface area (Å²) in [6, 6.07) is 9.68. The third-order valence-corrected chi connectivity index (χ3v) is 6.63. The van der Waals surface area contributed by atoms with E-state index < -0.39 is 0 Å². The van der Waals surface area contributed by atoms with E-state index in [0.717, 1.165) is 33.2 Å². The van der Waals surface area contributed by atoms with E-state index in [1.54, 1.807) is 11.3 Å². The van der Waals surface area contributed by atoms with Gasteiger partial charge >= 0.3 is 6.03 Å². The molecule has 0 unspecified atom stereocenters. The van der Waals surface area contributed by atoms with Crippen LogP contribution in [0.2, 0.25) is 5.02 Å². The molecule has 1 fully saturated rings. The molecule has 3 aromatic heterocycles. The number of amides is 2. The van der Waals surface area contributed by atoms with Crippen LogP contribution >= 0.6 is 22.9 Å². The summed E-state index contributed by atoms with van der Waals surface area (Å²) in [5.74, 6) is 1.53. The van der Waals surface area contributed by atoms with Crippen LogP contribution in [-0.2, 0) is 0 Å². The minimum absolute atomic E-state index is 0.0263. The molecule has 4 aromatic rings. The maximum atomic E-state index is 12.4. The summed E-state index contributed by atoms with van der Waals surface area (Å²) < 4.78 is 2.02. The summed E-state index contributed by atoms with van der Waals surface area (Å²) in [6.07, 6.45) is 0. The van der Waals surface area contributed by atoms with Crippen molar-refractivity contribution < 1.29 is 4.79 Å². The first-order valence-electron chi connectivity index (χ1n) is 10.2. The van der Waals surface area contributed by atoms with E-state index >= 15 is 0 Å². The molecule has 1 aliphatic heterocycles. The fraction of sp³-hybridized carbons (Fsp3) is 0.333. The Hall–Kier alpha value is -2.91. The van der Waals surface area contributed by atoms with Crippen LogP contribution in [0.3, 0.4) is 0 Å². The number of piperazine rings is 1. The molecule has 0 saturated carbocycles. The standard InChI is InChI=1S/C21H22ClN7OS/c1-3-23-21(30)28-9-8-27(12-13(28)2)20-24-16-11-14(22)6-7-15(16)18-25-26-19(29(18)20)17-5-4-10-31-17/h4-7,10-11,13H,3,8-9,12H2,1-2H3,(H,23,30)/t13-/m0/s1. The number of benzene rings is 1. The Morgan fingerprint density at radius 2 is 2.16 bits per heavy atom. The van der Waals surface area contributed by atoms with Crippen molar-refractivity contribution in [2.45, 2.75) is 19.9 Å². The second kappa shape index (κ2) is 7.97. The number of fused-ring (bicyclic) bond motifs is 3. The summed E-state index contributed by atoms with van der Waals surface area (Å²) in [6.45, 7) is 6.54. The van der Waals surface area contributed by atoms with E-state index in [2.05, 4.69) is 27.3 Å². The zero-order chi connectivity index (χ0) is 21.5. The minimum atomic E-state index is -0.0263. The van der Waals surface area contributed by atoms with Gasteiger partial charge in [0, 0.05) is 42.6 Å². The van der Waals surface area contributed by atoms with Crippen LogP contribution in [0.4, 0.5) is 10.7 Å². The predicted molar refractivity (Wildman–Crippen MR) is 124 cm³/mol. The number of carbonyl (C=O) groups excluding carboxylic acids is 1. The molecule has 0 aliphatic carbocycles. The molecule has 10 heteroatoms. The van der Waals surface area contributed by atoms with Crippen LogP contribution in [0.25, 0.3) is 27.3 Å². The summed E-state index contributed by atoms with van der Waals surface area (Å²) in [5.41, 5.74) is 1.53. The lowest BCUT2D eigenvalue weighted by Gasteiger charge is -2.40. The molecule has 4 heterocycles. The molecule has 5 rings (SSSR count). The summed E-state index contributed by atoms with van der Waals surface area (Å²) in [5, 5.41) is 15.5. The average Bonchev–Trinajstić information content (AvgIpc) is 3.43. The second-order valence-corrected chi connectivity index (χ2v) is 8.94. The number of nitrogens with one attached hydrogen (secondary N) is 1. The van der Waals surface area contributed by atoms with E-state index in [0.29, 0.717) is 31.2 Å². The highest BCUT2D eigenvalue weighted by molar-refractivity contribution is 7.13. The number of urea groups is 1. The number of thiophene rings is 1. The molecule has 1 aliphatic rings. The number of anilines is 1. The molecule has 1 saturated heterocycles. The third-order valence-electron chi connectivity index (χ3n) is 5.52. The molecule has 1 N–H and O–H groups in total. The Bertz CT molecular complexity index is 1260. The van der Waals surface area contributed by atoms with Crippen molar-refractivity contribution in [1.82, 2.24) is 29.8 Å². The zero-order valence-electron chi connectivity index (χ0n) is 17.2. The number of aromatic nitrogens is 4. The van der Waals surface area contributed by atoms with Crippen molar-refractivity contribution in [3.63, 3.8) is 0 Å². The number of rotatable bonds is 3. The molecular weight excluding hydrogens is 434 g/mol. The van der Waals surface area contributed by atoms with E-state index in [1.165, 1.54) is 0 Å². The van der Waals surface area contributed by atoms with Crippen molar-refractivity contribution in [1.29, 1.82) is 0 Å². The molecular formula is C21H22ClN7OS. The molecule has 160 valence electrons. The lowest BCUT2D eigenvalue weighted by molar-refractivity contribution is 0.171. The molecule has 1 aromatic carbocycles. The van der Waals surface area contributed by atoms with Gasteiger partial charge in [-0.15, -0.1) is 21.5 Å². The van der Waals surface area contributed by atoms with Crippen LogP contribution in [-0.4, -0.2) is 62.7 Å². The van der Waals surface area contributed by atoms with Crippen molar-refractivity contribution >= 4 is 51.5 Å². The lowest BCUT2D eigenvalue weighted by Crippen LogP contribution is -2.57. The van der Waals surface area contributed by atoms with Gasteiger partial charge < -0.3 is 15.1 Å². The predicted octanol–water partition coefficient (Wildman–Crippen LogP) is 3.90. The van der Waals surface area contributed by atoms with Gasteiger partial charge in [0.2, 0.25) is 5.95 Å². The molecule has 2 amide bonds. The molecule has 1 atom stereocenters. The van der Waals surface area contributed by atoms with E-state index in [4.69, 9.17) is 16.6 Å². The molecule has 31 heavy (non-hydrogen) atoms. The number of hydrogen-bond acceptors (Lipinski definition) is 6. The second-order valence-electron chi connectivity index (χ2n) is 7.56. The van der Waals surface area contributed by atoms with Crippen molar-refractivity contribution in [3.05, 3.63) is 40.7 Å². The van der Waals surface area contributed by atoms with Gasteiger partial charge in [-0.05, 0) is 43.5 Å². The number of carbonyl (C=O) groups is 1. The topological polar surface area (TPSA) is 78.7 Å². The molecule has 0 bridgehead atoms. The number of hydrogen-bond donors (Lipinski definition) is 1. The van der Waals surface area contributed by atoms with Crippen molar-refractivity contribution in [3.8, 4) is 10.7 Å². The smallest absolute Gasteiger partial charge is 0.317 e. The quantitative estimate of drug-likeness (QED) is 0.507. The minimum Gasteiger partial charge on any atom is -0.338 e. The number of nitrogens with zero attached hydrogens (tertiary/aromatic N) is 6. The molecule has 0 radical (unpaired) electrons. The lowest BCUT2D eigenvalue weighted by atomic mass is 10.2. The van der Waals surface area contributed by atoms with Gasteiger partial charge in [0.1, 0.15) is 0 Å². The van der Waals surface area contributed by atoms with E-state index in [1.807, 2.05) is 51.9 Å². The third kappa shape index (κ3) is 3.47. The zero-order valence-corrected chi connectivity index (χ0v) is 18.8. The van der Waals surface area contributed by atoms with Gasteiger partial charge in [-0.3, -0.25) is 0 Å². The van der Waals surface area contributed by atoms with Gasteiger partial charge in [0.05, 0.1) is 10.4 Å². The van der Waals surface area contributed by atoms with Gasteiger partial charge in [0.15, 0.2) is 11.5 Å². The van der Waals surface area contributed by atoms with Crippen molar-refractivity contribution in [2.75, 3.05) is 31.1 Å². The molecule has 8 nitrogen and oxygen atoms in total. The van der Waals surface area contributed by atoms with Gasteiger partial charge in [0.25, 0.3) is 0 Å². The average molecular weight is 456 g/mol. The van der Waals surface area contributed by atoms with Crippen LogP contribution in [0.1, 0.15) is 13.8 Å². The first-order valence-corrected chi connectivity index (χ1v) is 11.5. The van der Waals surface area contributed by atoms with E-state index in [-0.39, 0.29) is 12.1 Å². The van der Waals surface area contributed by atoms with Crippen LogP contribution < -0.4 is 10.2 Å². The Kier molecular flexibility index (Phi) is 5.15. The Morgan fingerprint density at radius 3 is 2.90 bits per heavy atom. The highest BCUT2D eigenvalue weighted by Gasteiger charge is 2.30. The van der Waals surface area contributed by atoms with Gasteiger partial charge in [-0.25, -0.2) is 14.2 Å². The number of halogens is 1. The highest BCUT2D eigenvalue weighted by Crippen LogP contribution is 2.32. The summed E-state index contributed by atoms with van der Waals surface area (Å²) in [7, 11) is 0.